The van der Waals surface area contributed by atoms with Crippen molar-refractivity contribution in [1.82, 2.24) is 15.2 Å². The summed E-state index contributed by atoms with van der Waals surface area (Å²) in [7, 11) is 0. The summed E-state index contributed by atoms with van der Waals surface area (Å²) in [5.74, 6) is 0. The normalized spacial score (nSPS) is 10.8. The Labute approximate surface area is 106 Å². The third kappa shape index (κ3) is 1.59. The fourth-order valence-electron chi connectivity index (χ4n) is 1.67. The fourth-order valence-corrected chi connectivity index (χ4v) is 1.99. The first-order valence-electron chi connectivity index (χ1n) is 4.89. The highest BCUT2D eigenvalue weighted by Gasteiger charge is 2.07. The molecule has 4 heteroatoms. The second kappa shape index (κ2) is 3.86. The molecule has 0 aliphatic rings. The number of nitrogens with zero attached hydrogens (tertiary/aromatic N) is 2. The molecule has 0 bridgehead atoms. The van der Waals surface area contributed by atoms with Gasteiger partial charge in [0.15, 0.2) is 0 Å². The molecule has 0 fully saturated rings. The van der Waals surface area contributed by atoms with Gasteiger partial charge in [0.1, 0.15) is 5.69 Å². The van der Waals surface area contributed by atoms with Crippen LogP contribution in [0.1, 0.15) is 0 Å². The van der Waals surface area contributed by atoms with E-state index in [1.807, 2.05) is 42.6 Å². The zero-order valence-electron chi connectivity index (χ0n) is 8.31. The van der Waals surface area contributed by atoms with Crippen molar-refractivity contribution in [2.45, 2.75) is 0 Å². The quantitative estimate of drug-likeness (QED) is 0.699. The predicted molar refractivity (Wildman–Crippen MR) is 72.0 cm³/mol. The Bertz CT molecular complexity index is 628. The first-order valence-corrected chi connectivity index (χ1v) is 5.97. The number of halogens is 1. The molecule has 0 saturated carbocycles. The van der Waals surface area contributed by atoms with Gasteiger partial charge in [0.25, 0.3) is 0 Å². The molecule has 16 heavy (non-hydrogen) atoms. The van der Waals surface area contributed by atoms with Crippen LogP contribution >= 0.6 is 22.6 Å². The lowest BCUT2D eigenvalue weighted by molar-refractivity contribution is 1.11. The van der Waals surface area contributed by atoms with Crippen molar-refractivity contribution in [3.05, 3.63) is 46.2 Å². The number of benzene rings is 1. The van der Waals surface area contributed by atoms with E-state index in [0.717, 1.165) is 25.9 Å². The summed E-state index contributed by atoms with van der Waals surface area (Å²) in [5, 5.41) is 8.42. The number of aromatic nitrogens is 3. The largest absolute Gasteiger partial charge is 0.277 e. The maximum absolute atomic E-state index is 4.38. The minimum atomic E-state index is 0.901. The van der Waals surface area contributed by atoms with E-state index < -0.39 is 0 Å². The number of hydrogen-bond donors (Lipinski definition) is 1. The molecule has 0 saturated heterocycles. The molecule has 3 rings (SSSR count). The van der Waals surface area contributed by atoms with Gasteiger partial charge in [0, 0.05) is 15.2 Å². The van der Waals surface area contributed by atoms with Gasteiger partial charge in [-0.1, -0.05) is 18.2 Å². The lowest BCUT2D eigenvalue weighted by Crippen LogP contribution is -1.84. The fraction of sp³-hybridized carbons (Fsp3) is 0. The van der Waals surface area contributed by atoms with E-state index in [-0.39, 0.29) is 0 Å². The Morgan fingerprint density at radius 1 is 1.06 bits per heavy atom. The van der Waals surface area contributed by atoms with Gasteiger partial charge >= 0.3 is 0 Å². The molecule has 1 N–H and O–H groups in total. The second-order valence-electron chi connectivity index (χ2n) is 3.48. The van der Waals surface area contributed by atoms with Gasteiger partial charge in [-0.3, -0.25) is 10.1 Å². The highest BCUT2D eigenvalue weighted by molar-refractivity contribution is 14.1. The minimum Gasteiger partial charge on any atom is -0.277 e. The number of nitrogens with one attached hydrogen (secondary N) is 1. The molecule has 0 aliphatic carbocycles. The molecule has 0 unspecified atom stereocenters. The van der Waals surface area contributed by atoms with Crippen molar-refractivity contribution in [2.24, 2.45) is 0 Å². The standard InChI is InChI=1S/C12H8IN3/c13-8-5-6-11(14-7-8)12-9-3-1-2-4-10(9)15-16-12/h1-7H,(H,15,16). The SMILES string of the molecule is Ic1ccc(-c2n[nH]c3ccccc23)nc1. The summed E-state index contributed by atoms with van der Waals surface area (Å²) in [6, 6.07) is 12.1. The summed E-state index contributed by atoms with van der Waals surface area (Å²) < 4.78 is 1.13. The number of hydrogen-bond acceptors (Lipinski definition) is 2. The van der Waals surface area contributed by atoms with E-state index in [1.54, 1.807) is 0 Å². The molecule has 3 aromatic rings. The molecule has 0 atom stereocenters. The van der Waals surface area contributed by atoms with Crippen LogP contribution in [0.3, 0.4) is 0 Å². The highest BCUT2D eigenvalue weighted by Crippen LogP contribution is 2.24. The molecule has 0 amide bonds. The lowest BCUT2D eigenvalue weighted by atomic mass is 10.1. The topological polar surface area (TPSA) is 41.6 Å². The van der Waals surface area contributed by atoms with Crippen LogP contribution in [0.5, 0.6) is 0 Å². The molecule has 0 radical (unpaired) electrons. The Balaban J connectivity index is 2.22. The number of rotatable bonds is 1. The van der Waals surface area contributed by atoms with Gasteiger partial charge < -0.3 is 0 Å². The first-order chi connectivity index (χ1) is 7.84. The first kappa shape index (κ1) is 9.77. The van der Waals surface area contributed by atoms with Crippen LogP contribution in [0.2, 0.25) is 0 Å². The van der Waals surface area contributed by atoms with Gasteiger partial charge in [-0.2, -0.15) is 5.10 Å². The Kier molecular flexibility index (Phi) is 2.36. The average Bonchev–Trinajstić information content (AvgIpc) is 2.74. The molecule has 1 aromatic carbocycles. The number of H-pyrrole nitrogens is 1. The van der Waals surface area contributed by atoms with Crippen molar-refractivity contribution < 1.29 is 0 Å². The highest BCUT2D eigenvalue weighted by atomic mass is 127. The maximum atomic E-state index is 4.38. The van der Waals surface area contributed by atoms with Gasteiger partial charge in [-0.25, -0.2) is 0 Å². The molecule has 0 aliphatic heterocycles. The van der Waals surface area contributed by atoms with Crippen molar-refractivity contribution in [3.8, 4) is 11.4 Å². The second-order valence-corrected chi connectivity index (χ2v) is 4.73. The third-order valence-corrected chi connectivity index (χ3v) is 3.08. The van der Waals surface area contributed by atoms with Gasteiger partial charge in [-0.05, 0) is 40.8 Å². The zero-order chi connectivity index (χ0) is 11.0. The van der Waals surface area contributed by atoms with Crippen LogP contribution in [0, 0.1) is 3.57 Å². The van der Waals surface area contributed by atoms with E-state index in [4.69, 9.17) is 0 Å². The smallest absolute Gasteiger partial charge is 0.118 e. The molecule has 3 nitrogen and oxygen atoms in total. The Morgan fingerprint density at radius 2 is 1.94 bits per heavy atom. The van der Waals surface area contributed by atoms with E-state index in [0.29, 0.717) is 0 Å². The summed E-state index contributed by atoms with van der Waals surface area (Å²) in [6.07, 6.45) is 1.85. The van der Waals surface area contributed by atoms with E-state index >= 15 is 0 Å². The monoisotopic (exact) mass is 321 g/mol. The van der Waals surface area contributed by atoms with Crippen LogP contribution in [0.4, 0.5) is 0 Å². The molecular weight excluding hydrogens is 313 g/mol. The van der Waals surface area contributed by atoms with E-state index in [9.17, 15) is 0 Å². The van der Waals surface area contributed by atoms with Crippen LogP contribution in [-0.4, -0.2) is 15.2 Å². The minimum absolute atomic E-state index is 0.901. The molecule has 0 spiro atoms. The number of aromatic amines is 1. The van der Waals surface area contributed by atoms with Crippen molar-refractivity contribution in [2.75, 3.05) is 0 Å². The third-order valence-electron chi connectivity index (χ3n) is 2.44. The van der Waals surface area contributed by atoms with Gasteiger partial charge in [0.2, 0.25) is 0 Å². The van der Waals surface area contributed by atoms with Gasteiger partial charge in [0.05, 0.1) is 11.2 Å². The summed E-state index contributed by atoms with van der Waals surface area (Å²) in [5.41, 5.74) is 2.85. The van der Waals surface area contributed by atoms with Crippen LogP contribution < -0.4 is 0 Å². The molecule has 78 valence electrons. The predicted octanol–water partition coefficient (Wildman–Crippen LogP) is 3.23. The summed E-state index contributed by atoms with van der Waals surface area (Å²) in [6.45, 7) is 0. The zero-order valence-corrected chi connectivity index (χ0v) is 10.5. The number of pyridine rings is 1. The van der Waals surface area contributed by atoms with Crippen molar-refractivity contribution in [3.63, 3.8) is 0 Å². The molecule has 2 heterocycles. The van der Waals surface area contributed by atoms with Crippen LogP contribution in [-0.2, 0) is 0 Å². The summed E-state index contributed by atoms with van der Waals surface area (Å²) >= 11 is 2.24. The maximum Gasteiger partial charge on any atom is 0.118 e. The molecule has 2 aromatic heterocycles. The molecular formula is C12H8IN3. The van der Waals surface area contributed by atoms with Crippen LogP contribution in [0.15, 0.2) is 42.6 Å². The Hall–Kier alpha value is -1.43. The van der Waals surface area contributed by atoms with Crippen molar-refractivity contribution in [1.29, 1.82) is 0 Å². The number of para-hydroxylation sites is 1. The Morgan fingerprint density at radius 3 is 2.75 bits per heavy atom. The van der Waals surface area contributed by atoms with E-state index in [1.165, 1.54) is 0 Å². The lowest BCUT2D eigenvalue weighted by Gasteiger charge is -1.96. The van der Waals surface area contributed by atoms with Crippen LogP contribution in [0.25, 0.3) is 22.3 Å². The van der Waals surface area contributed by atoms with Gasteiger partial charge in [-0.15, -0.1) is 0 Å². The van der Waals surface area contributed by atoms with Crippen molar-refractivity contribution >= 4 is 33.5 Å². The van der Waals surface area contributed by atoms with E-state index in [2.05, 4.69) is 37.8 Å². The number of fused-ring (bicyclic) bond motifs is 1. The summed E-state index contributed by atoms with van der Waals surface area (Å²) in [4.78, 5) is 4.38. The average molecular weight is 321 g/mol.